The first-order valence-electron chi connectivity index (χ1n) is 10.1. The zero-order chi connectivity index (χ0) is 21.6. The van der Waals surface area contributed by atoms with E-state index < -0.39 is 5.82 Å². The Morgan fingerprint density at radius 1 is 1.13 bits per heavy atom. The number of tetrazole rings is 1. The quantitative estimate of drug-likeness (QED) is 0.577. The van der Waals surface area contributed by atoms with Crippen molar-refractivity contribution in [1.29, 1.82) is 5.26 Å². The fraction of sp³-hybridized carbons (Fsp3) is 0.261. The van der Waals surface area contributed by atoms with Gasteiger partial charge in [0, 0.05) is 13.1 Å². The van der Waals surface area contributed by atoms with E-state index in [9.17, 15) is 9.18 Å². The summed E-state index contributed by atoms with van der Waals surface area (Å²) in [6.07, 6.45) is 6.41. The molecule has 0 saturated heterocycles. The molecule has 0 unspecified atom stereocenters. The van der Waals surface area contributed by atoms with Crippen molar-refractivity contribution in [2.75, 3.05) is 13.1 Å². The Hall–Kier alpha value is -3.86. The molecular weight excluding hydrogens is 395 g/mol. The summed E-state index contributed by atoms with van der Waals surface area (Å²) < 4.78 is 15.0. The van der Waals surface area contributed by atoms with Crippen molar-refractivity contribution in [1.82, 2.24) is 25.1 Å². The zero-order valence-corrected chi connectivity index (χ0v) is 16.9. The molecule has 8 heteroatoms. The Morgan fingerprint density at radius 2 is 1.94 bits per heavy atom. The van der Waals surface area contributed by atoms with E-state index in [2.05, 4.69) is 21.6 Å². The number of rotatable bonds is 6. The van der Waals surface area contributed by atoms with Gasteiger partial charge in [0.2, 0.25) is 5.91 Å². The van der Waals surface area contributed by atoms with Gasteiger partial charge in [0.15, 0.2) is 0 Å². The Labute approximate surface area is 179 Å². The smallest absolute Gasteiger partial charge is 0.227 e. The highest BCUT2D eigenvalue weighted by atomic mass is 19.1. The Bertz CT molecular complexity index is 1130. The molecule has 0 atom stereocenters. The van der Waals surface area contributed by atoms with E-state index in [0.717, 1.165) is 36.1 Å². The maximum absolute atomic E-state index is 13.4. The molecule has 0 aliphatic carbocycles. The van der Waals surface area contributed by atoms with Crippen molar-refractivity contribution in [3.8, 4) is 11.8 Å². The van der Waals surface area contributed by atoms with Gasteiger partial charge in [0.05, 0.1) is 17.7 Å². The normalized spacial score (nSPS) is 13.5. The van der Waals surface area contributed by atoms with Gasteiger partial charge in [-0.2, -0.15) is 5.26 Å². The number of carbonyl (C=O) groups is 1. The molecular formula is C23H21FN6O. The van der Waals surface area contributed by atoms with Gasteiger partial charge in [-0.1, -0.05) is 29.8 Å². The lowest BCUT2D eigenvalue weighted by Gasteiger charge is -2.27. The number of nitrogens with zero attached hydrogens (tertiary/aromatic N) is 6. The number of amides is 1. The maximum Gasteiger partial charge on any atom is 0.227 e. The third-order valence-corrected chi connectivity index (χ3v) is 5.45. The third kappa shape index (κ3) is 5.01. The molecule has 0 N–H and O–H groups in total. The van der Waals surface area contributed by atoms with Gasteiger partial charge >= 0.3 is 0 Å². The highest BCUT2D eigenvalue weighted by Crippen LogP contribution is 2.19. The monoisotopic (exact) mass is 416 g/mol. The molecule has 0 fully saturated rings. The summed E-state index contributed by atoms with van der Waals surface area (Å²) in [4.78, 5) is 14.5. The number of hydrogen-bond donors (Lipinski definition) is 0. The van der Waals surface area contributed by atoms with Crippen LogP contribution in [0.15, 0.2) is 60.4 Å². The van der Waals surface area contributed by atoms with Gasteiger partial charge in [-0.25, -0.2) is 9.07 Å². The number of carbonyl (C=O) groups excluding carboxylic acids is 1. The first kappa shape index (κ1) is 20.4. The lowest BCUT2D eigenvalue weighted by atomic mass is 9.98. The van der Waals surface area contributed by atoms with E-state index in [4.69, 9.17) is 5.26 Å². The summed E-state index contributed by atoms with van der Waals surface area (Å²) in [5, 5.41) is 20.0. The number of halogens is 1. The highest BCUT2D eigenvalue weighted by molar-refractivity contribution is 5.79. The van der Waals surface area contributed by atoms with Gasteiger partial charge in [-0.3, -0.25) is 4.79 Å². The van der Waals surface area contributed by atoms with Gasteiger partial charge in [0.1, 0.15) is 18.2 Å². The molecule has 4 rings (SSSR count). The predicted octanol–water partition coefficient (Wildman–Crippen LogP) is 3.01. The van der Waals surface area contributed by atoms with Crippen LogP contribution < -0.4 is 0 Å². The van der Waals surface area contributed by atoms with Crippen molar-refractivity contribution in [2.45, 2.75) is 25.7 Å². The number of nitriles is 1. The van der Waals surface area contributed by atoms with E-state index in [-0.39, 0.29) is 11.5 Å². The average molecular weight is 416 g/mol. The molecule has 7 nitrogen and oxygen atoms in total. The first-order valence-corrected chi connectivity index (χ1v) is 10.1. The standard InChI is InChI=1S/C23H21FN6O/c24-22-8-5-18(13-20(22)15-25)2-1-17-9-11-29(12-10-17)23(31)14-19-3-6-21(7-4-19)30-16-26-27-28-30/h3-9,13,16H,1-2,10-12,14H2. The second kappa shape index (κ2) is 9.30. The predicted molar refractivity (Wildman–Crippen MR) is 112 cm³/mol. The van der Waals surface area contributed by atoms with Crippen LogP contribution in [0.4, 0.5) is 4.39 Å². The molecule has 1 aliphatic heterocycles. The molecule has 1 aromatic heterocycles. The third-order valence-electron chi connectivity index (χ3n) is 5.45. The number of aryl methyl sites for hydroxylation is 1. The van der Waals surface area contributed by atoms with Crippen molar-refractivity contribution in [3.63, 3.8) is 0 Å². The lowest BCUT2D eigenvalue weighted by Crippen LogP contribution is -2.36. The summed E-state index contributed by atoms with van der Waals surface area (Å²) in [5.74, 6) is -0.384. The zero-order valence-electron chi connectivity index (χ0n) is 16.9. The number of benzene rings is 2. The van der Waals surface area contributed by atoms with Gasteiger partial charge in [0.25, 0.3) is 0 Å². The molecule has 3 aromatic rings. The minimum absolute atomic E-state index is 0.0814. The molecule has 1 aliphatic rings. The largest absolute Gasteiger partial charge is 0.338 e. The van der Waals surface area contributed by atoms with Crippen molar-refractivity contribution < 1.29 is 9.18 Å². The van der Waals surface area contributed by atoms with Gasteiger partial charge in [-0.15, -0.1) is 5.10 Å². The fourth-order valence-electron chi connectivity index (χ4n) is 3.62. The minimum atomic E-state index is -0.484. The van der Waals surface area contributed by atoms with Crippen LogP contribution in [0.1, 0.15) is 29.5 Å². The Balaban J connectivity index is 1.28. The first-order chi connectivity index (χ1) is 15.1. The highest BCUT2D eigenvalue weighted by Gasteiger charge is 2.17. The molecule has 1 amide bonds. The van der Waals surface area contributed by atoms with Crippen molar-refractivity contribution >= 4 is 5.91 Å². The van der Waals surface area contributed by atoms with Crippen LogP contribution in [0.3, 0.4) is 0 Å². The van der Waals surface area contributed by atoms with Gasteiger partial charge in [-0.05, 0) is 65.1 Å². The minimum Gasteiger partial charge on any atom is -0.338 e. The molecule has 0 spiro atoms. The molecule has 2 aromatic carbocycles. The molecule has 156 valence electrons. The molecule has 31 heavy (non-hydrogen) atoms. The van der Waals surface area contributed by atoms with Crippen LogP contribution in [0, 0.1) is 17.1 Å². The summed E-state index contributed by atoms with van der Waals surface area (Å²) >= 11 is 0. The Morgan fingerprint density at radius 3 is 2.61 bits per heavy atom. The van der Waals surface area contributed by atoms with E-state index in [1.54, 1.807) is 16.8 Å². The van der Waals surface area contributed by atoms with E-state index in [1.807, 2.05) is 35.2 Å². The van der Waals surface area contributed by atoms with Crippen LogP contribution in [-0.4, -0.2) is 44.1 Å². The summed E-state index contributed by atoms with van der Waals surface area (Å²) in [7, 11) is 0. The topological polar surface area (TPSA) is 87.7 Å². The number of hydrogen-bond acceptors (Lipinski definition) is 5. The van der Waals surface area contributed by atoms with Crippen LogP contribution in [0.2, 0.25) is 0 Å². The Kier molecular flexibility index (Phi) is 6.13. The molecule has 0 bridgehead atoms. The van der Waals surface area contributed by atoms with Crippen molar-refractivity contribution in [3.05, 3.63) is 82.9 Å². The molecule has 0 saturated carbocycles. The summed E-state index contributed by atoms with van der Waals surface area (Å²) in [6.45, 7) is 1.30. The maximum atomic E-state index is 13.4. The fourth-order valence-corrected chi connectivity index (χ4v) is 3.62. The second-order valence-corrected chi connectivity index (χ2v) is 7.48. The molecule has 0 radical (unpaired) electrons. The van der Waals surface area contributed by atoms with Crippen LogP contribution in [0.5, 0.6) is 0 Å². The summed E-state index contributed by atoms with van der Waals surface area (Å²) in [5.41, 5.74) is 4.11. The average Bonchev–Trinajstić information content (AvgIpc) is 3.34. The van der Waals surface area contributed by atoms with E-state index >= 15 is 0 Å². The van der Waals surface area contributed by atoms with Crippen LogP contribution in [-0.2, 0) is 17.6 Å². The van der Waals surface area contributed by atoms with E-state index in [1.165, 1.54) is 18.0 Å². The SMILES string of the molecule is N#Cc1cc(CCC2=CCN(C(=O)Cc3ccc(-n4cnnn4)cc3)CC2)ccc1F. The van der Waals surface area contributed by atoms with E-state index in [0.29, 0.717) is 19.5 Å². The lowest BCUT2D eigenvalue weighted by molar-refractivity contribution is -0.130. The van der Waals surface area contributed by atoms with Crippen LogP contribution >= 0.6 is 0 Å². The van der Waals surface area contributed by atoms with Crippen molar-refractivity contribution in [2.24, 2.45) is 0 Å². The van der Waals surface area contributed by atoms with Gasteiger partial charge < -0.3 is 4.90 Å². The molecule has 2 heterocycles. The second-order valence-electron chi connectivity index (χ2n) is 7.48. The summed E-state index contributed by atoms with van der Waals surface area (Å²) in [6, 6.07) is 14.2. The number of aromatic nitrogens is 4. The van der Waals surface area contributed by atoms with Crippen LogP contribution in [0.25, 0.3) is 5.69 Å².